The van der Waals surface area contributed by atoms with Gasteiger partial charge in [0, 0.05) is 6.07 Å². The van der Waals surface area contributed by atoms with Gasteiger partial charge in [0.15, 0.2) is 0 Å². The Kier molecular flexibility index (Phi) is 2.14. The number of rotatable bonds is 1. The van der Waals surface area contributed by atoms with Gasteiger partial charge < -0.3 is 0 Å². The van der Waals surface area contributed by atoms with Crippen LogP contribution in [0.1, 0.15) is 0 Å². The van der Waals surface area contributed by atoms with E-state index in [0.29, 0.717) is 5.69 Å². The standard InChI is InChI=1S/C13H8F2N2/c14-9-5-6-12(10(15)7-9)17-8-16-11-3-1-2-4-13(11)17/h1-8H. The molecule has 0 unspecified atom stereocenters. The lowest BCUT2D eigenvalue weighted by Crippen LogP contribution is -1.96. The van der Waals surface area contributed by atoms with Crippen molar-refractivity contribution in [3.05, 3.63) is 60.4 Å². The molecular formula is C13H8F2N2. The van der Waals surface area contributed by atoms with Crippen LogP contribution in [0.2, 0.25) is 0 Å². The number of hydrogen-bond donors (Lipinski definition) is 0. The van der Waals surface area contributed by atoms with Crippen LogP contribution in [0.3, 0.4) is 0 Å². The summed E-state index contributed by atoms with van der Waals surface area (Å²) in [5.41, 5.74) is 1.86. The Morgan fingerprint density at radius 3 is 2.65 bits per heavy atom. The van der Waals surface area contributed by atoms with Gasteiger partial charge in [-0.3, -0.25) is 4.57 Å². The van der Waals surface area contributed by atoms with Crippen molar-refractivity contribution in [1.82, 2.24) is 9.55 Å². The average Bonchev–Trinajstić information content (AvgIpc) is 2.73. The fourth-order valence-corrected chi connectivity index (χ4v) is 1.83. The topological polar surface area (TPSA) is 17.8 Å². The van der Waals surface area contributed by atoms with Crippen LogP contribution >= 0.6 is 0 Å². The van der Waals surface area contributed by atoms with E-state index in [4.69, 9.17) is 0 Å². The van der Waals surface area contributed by atoms with Crippen molar-refractivity contribution in [2.24, 2.45) is 0 Å². The number of fused-ring (bicyclic) bond motifs is 1. The summed E-state index contributed by atoms with van der Waals surface area (Å²) >= 11 is 0. The molecular weight excluding hydrogens is 222 g/mol. The first kappa shape index (κ1) is 9.96. The molecule has 0 aliphatic rings. The Morgan fingerprint density at radius 1 is 1.00 bits per heavy atom. The third-order valence-corrected chi connectivity index (χ3v) is 2.62. The second-order valence-corrected chi connectivity index (χ2v) is 3.70. The van der Waals surface area contributed by atoms with Gasteiger partial charge in [-0.1, -0.05) is 12.1 Å². The molecule has 0 N–H and O–H groups in total. The minimum atomic E-state index is -0.604. The molecule has 2 nitrogen and oxygen atoms in total. The minimum Gasteiger partial charge on any atom is -0.296 e. The van der Waals surface area contributed by atoms with Gasteiger partial charge in [-0.25, -0.2) is 13.8 Å². The molecule has 0 aliphatic carbocycles. The Hall–Kier alpha value is -2.23. The molecule has 0 bridgehead atoms. The molecule has 4 heteroatoms. The number of aromatic nitrogens is 2. The van der Waals surface area contributed by atoms with Crippen LogP contribution in [0.15, 0.2) is 48.8 Å². The van der Waals surface area contributed by atoms with Crippen LogP contribution in [0.5, 0.6) is 0 Å². The van der Waals surface area contributed by atoms with Crippen LogP contribution in [0.25, 0.3) is 16.7 Å². The van der Waals surface area contributed by atoms with E-state index >= 15 is 0 Å². The van der Waals surface area contributed by atoms with Gasteiger partial charge in [0.05, 0.1) is 16.7 Å². The molecule has 0 fully saturated rings. The van der Waals surface area contributed by atoms with E-state index in [1.807, 2.05) is 24.3 Å². The highest BCUT2D eigenvalue weighted by atomic mass is 19.1. The number of imidazole rings is 1. The summed E-state index contributed by atoms with van der Waals surface area (Å²) in [5.74, 6) is -1.19. The van der Waals surface area contributed by atoms with Crippen LogP contribution in [0.4, 0.5) is 8.78 Å². The monoisotopic (exact) mass is 230 g/mol. The molecule has 0 radical (unpaired) electrons. The van der Waals surface area contributed by atoms with Crippen molar-refractivity contribution in [2.45, 2.75) is 0 Å². The maximum Gasteiger partial charge on any atom is 0.150 e. The van der Waals surface area contributed by atoms with Crippen molar-refractivity contribution in [1.29, 1.82) is 0 Å². The van der Waals surface area contributed by atoms with E-state index in [0.717, 1.165) is 17.1 Å². The second kappa shape index (κ2) is 3.66. The molecule has 0 amide bonds. The Labute approximate surface area is 96.1 Å². The summed E-state index contributed by atoms with van der Waals surface area (Å²) in [6.07, 6.45) is 1.53. The SMILES string of the molecule is Fc1ccc(-n2cnc3ccccc32)c(F)c1. The van der Waals surface area contributed by atoms with Gasteiger partial charge in [-0.05, 0) is 24.3 Å². The second-order valence-electron chi connectivity index (χ2n) is 3.70. The number of benzene rings is 2. The fraction of sp³-hybridized carbons (Fsp3) is 0. The predicted octanol–water partition coefficient (Wildman–Crippen LogP) is 3.30. The molecule has 0 saturated heterocycles. The zero-order chi connectivity index (χ0) is 11.8. The summed E-state index contributed by atoms with van der Waals surface area (Å²) in [5, 5.41) is 0. The third-order valence-electron chi connectivity index (χ3n) is 2.62. The Balaban J connectivity index is 2.27. The normalized spacial score (nSPS) is 10.9. The Bertz CT molecular complexity index is 689. The van der Waals surface area contributed by atoms with Gasteiger partial charge in [0.25, 0.3) is 0 Å². The molecule has 2 aromatic carbocycles. The number of para-hydroxylation sites is 2. The zero-order valence-corrected chi connectivity index (χ0v) is 8.77. The van der Waals surface area contributed by atoms with Crippen LogP contribution in [-0.4, -0.2) is 9.55 Å². The summed E-state index contributed by atoms with van der Waals surface area (Å²) < 4.78 is 28.1. The highest BCUT2D eigenvalue weighted by molar-refractivity contribution is 5.77. The van der Waals surface area contributed by atoms with E-state index in [-0.39, 0.29) is 0 Å². The Morgan fingerprint density at radius 2 is 1.82 bits per heavy atom. The van der Waals surface area contributed by atoms with E-state index < -0.39 is 11.6 Å². The molecule has 3 rings (SSSR count). The van der Waals surface area contributed by atoms with Gasteiger partial charge in [0.1, 0.15) is 18.0 Å². The maximum absolute atomic E-state index is 13.7. The molecule has 1 aromatic heterocycles. The first-order chi connectivity index (χ1) is 8.25. The van der Waals surface area contributed by atoms with Crippen molar-refractivity contribution >= 4 is 11.0 Å². The van der Waals surface area contributed by atoms with Gasteiger partial charge in [-0.2, -0.15) is 0 Å². The summed E-state index contributed by atoms with van der Waals surface area (Å²) in [4.78, 5) is 4.16. The van der Waals surface area contributed by atoms with Gasteiger partial charge >= 0.3 is 0 Å². The lowest BCUT2D eigenvalue weighted by atomic mass is 10.2. The van der Waals surface area contributed by atoms with Crippen LogP contribution in [-0.2, 0) is 0 Å². The quantitative estimate of drug-likeness (QED) is 0.627. The largest absolute Gasteiger partial charge is 0.296 e. The number of halogens is 2. The minimum absolute atomic E-state index is 0.292. The van der Waals surface area contributed by atoms with Crippen molar-refractivity contribution < 1.29 is 8.78 Å². The zero-order valence-electron chi connectivity index (χ0n) is 8.77. The molecule has 84 valence electrons. The first-order valence-electron chi connectivity index (χ1n) is 5.13. The lowest BCUT2D eigenvalue weighted by Gasteiger charge is -2.05. The van der Waals surface area contributed by atoms with Crippen LogP contribution in [0, 0.1) is 11.6 Å². The molecule has 1 heterocycles. The highest BCUT2D eigenvalue weighted by Crippen LogP contribution is 2.20. The molecule has 0 aliphatic heterocycles. The third kappa shape index (κ3) is 1.58. The van der Waals surface area contributed by atoms with Crippen molar-refractivity contribution in [3.8, 4) is 5.69 Å². The highest BCUT2D eigenvalue weighted by Gasteiger charge is 2.09. The van der Waals surface area contributed by atoms with Crippen LogP contribution < -0.4 is 0 Å². The van der Waals surface area contributed by atoms with Gasteiger partial charge in [-0.15, -0.1) is 0 Å². The van der Waals surface area contributed by atoms with E-state index in [1.54, 1.807) is 4.57 Å². The predicted molar refractivity (Wildman–Crippen MR) is 61.0 cm³/mol. The fourth-order valence-electron chi connectivity index (χ4n) is 1.83. The molecule has 17 heavy (non-hydrogen) atoms. The first-order valence-corrected chi connectivity index (χ1v) is 5.13. The smallest absolute Gasteiger partial charge is 0.150 e. The molecule has 3 aromatic rings. The summed E-state index contributed by atoms with van der Waals surface area (Å²) in [7, 11) is 0. The summed E-state index contributed by atoms with van der Waals surface area (Å²) in [6, 6.07) is 10.9. The number of nitrogens with zero attached hydrogens (tertiary/aromatic N) is 2. The lowest BCUT2D eigenvalue weighted by molar-refractivity contribution is 0.578. The van der Waals surface area contributed by atoms with E-state index in [2.05, 4.69) is 4.98 Å². The van der Waals surface area contributed by atoms with Crippen molar-refractivity contribution in [3.63, 3.8) is 0 Å². The molecule has 0 saturated carbocycles. The van der Waals surface area contributed by atoms with E-state index in [9.17, 15) is 8.78 Å². The maximum atomic E-state index is 13.7. The van der Waals surface area contributed by atoms with E-state index in [1.165, 1.54) is 18.5 Å². The average molecular weight is 230 g/mol. The molecule has 0 spiro atoms. The molecule has 0 atom stereocenters. The summed E-state index contributed by atoms with van der Waals surface area (Å²) in [6.45, 7) is 0. The van der Waals surface area contributed by atoms with Gasteiger partial charge in [0.2, 0.25) is 0 Å². The number of hydrogen-bond acceptors (Lipinski definition) is 1. The van der Waals surface area contributed by atoms with Crippen molar-refractivity contribution in [2.75, 3.05) is 0 Å².